The van der Waals surface area contributed by atoms with Crippen LogP contribution in [0.15, 0.2) is 30.5 Å². The fraction of sp³-hybridized carbons (Fsp3) is 0.500. The predicted molar refractivity (Wildman–Crippen MR) is 102 cm³/mol. The van der Waals surface area contributed by atoms with Crippen molar-refractivity contribution in [3.8, 4) is 11.5 Å². The number of benzene rings is 1. The van der Waals surface area contributed by atoms with E-state index in [1.807, 2.05) is 6.07 Å². The second kappa shape index (κ2) is 9.30. The van der Waals surface area contributed by atoms with Gasteiger partial charge in [0, 0.05) is 5.70 Å². The Hall–Kier alpha value is -2.70. The summed E-state index contributed by atoms with van der Waals surface area (Å²) in [6.45, 7) is 10.6. The standard InChI is InChI=1S/C20H28N2O5/c1-6-26-19(23)17-13(4)21-20(24)22-18(17)14-7-8-15(16(11-14)25-5)27-10-9-12(2)3/h7-8,11-12,17-18H,4,6,9-10H2,1-3,5H3,(H2,21,22,24). The van der Waals surface area contributed by atoms with E-state index in [2.05, 4.69) is 31.1 Å². The zero-order chi connectivity index (χ0) is 20.0. The number of carbonyl (C=O) groups excluding carboxylic acids is 2. The summed E-state index contributed by atoms with van der Waals surface area (Å²) >= 11 is 0. The first-order chi connectivity index (χ1) is 12.9. The highest BCUT2D eigenvalue weighted by Crippen LogP contribution is 2.36. The molecule has 0 radical (unpaired) electrons. The lowest BCUT2D eigenvalue weighted by Gasteiger charge is -2.33. The SMILES string of the molecule is C=C1NC(=O)NC(c2ccc(OCCC(C)C)c(OC)c2)C1C(=O)OCC. The minimum Gasteiger partial charge on any atom is -0.493 e. The Morgan fingerprint density at radius 3 is 2.67 bits per heavy atom. The van der Waals surface area contributed by atoms with E-state index in [0.717, 1.165) is 6.42 Å². The van der Waals surface area contributed by atoms with Gasteiger partial charge in [0.15, 0.2) is 11.5 Å². The molecule has 7 nitrogen and oxygen atoms in total. The van der Waals surface area contributed by atoms with Crippen LogP contribution in [-0.4, -0.2) is 32.3 Å². The second-order valence-corrected chi connectivity index (χ2v) is 6.77. The zero-order valence-corrected chi connectivity index (χ0v) is 16.3. The van der Waals surface area contributed by atoms with Crippen LogP contribution >= 0.6 is 0 Å². The van der Waals surface area contributed by atoms with Gasteiger partial charge in [0.25, 0.3) is 0 Å². The minimum atomic E-state index is -0.736. The van der Waals surface area contributed by atoms with Crippen molar-refractivity contribution in [1.82, 2.24) is 10.6 Å². The molecule has 1 saturated heterocycles. The first kappa shape index (κ1) is 20.6. The van der Waals surface area contributed by atoms with Crippen LogP contribution in [0.25, 0.3) is 0 Å². The fourth-order valence-corrected chi connectivity index (χ4v) is 2.87. The quantitative estimate of drug-likeness (QED) is 0.681. The number of esters is 1. The molecule has 2 amide bonds. The number of amides is 2. The van der Waals surface area contributed by atoms with E-state index in [-0.39, 0.29) is 6.61 Å². The van der Waals surface area contributed by atoms with Crippen LogP contribution in [-0.2, 0) is 9.53 Å². The summed E-state index contributed by atoms with van der Waals surface area (Å²) in [5, 5.41) is 5.32. The highest BCUT2D eigenvalue weighted by atomic mass is 16.5. The monoisotopic (exact) mass is 376 g/mol. The Balaban J connectivity index is 2.28. The van der Waals surface area contributed by atoms with Crippen molar-refractivity contribution < 1.29 is 23.8 Å². The molecule has 2 atom stereocenters. The maximum absolute atomic E-state index is 12.4. The van der Waals surface area contributed by atoms with Crippen LogP contribution in [0.1, 0.15) is 38.8 Å². The lowest BCUT2D eigenvalue weighted by Crippen LogP contribution is -2.51. The number of hydrogen-bond donors (Lipinski definition) is 2. The van der Waals surface area contributed by atoms with Gasteiger partial charge in [0.2, 0.25) is 0 Å². The van der Waals surface area contributed by atoms with Crippen molar-refractivity contribution in [2.75, 3.05) is 20.3 Å². The number of nitrogens with one attached hydrogen (secondary N) is 2. The topological polar surface area (TPSA) is 85.9 Å². The predicted octanol–water partition coefficient (Wildman–Crippen LogP) is 3.17. The number of ether oxygens (including phenoxy) is 3. The van der Waals surface area contributed by atoms with Crippen LogP contribution in [0, 0.1) is 11.8 Å². The van der Waals surface area contributed by atoms with Gasteiger partial charge in [0.1, 0.15) is 5.92 Å². The summed E-state index contributed by atoms with van der Waals surface area (Å²) in [6, 6.07) is 4.34. The van der Waals surface area contributed by atoms with E-state index in [1.54, 1.807) is 26.2 Å². The lowest BCUT2D eigenvalue weighted by atomic mass is 9.89. The summed E-state index contributed by atoms with van der Waals surface area (Å²) in [5.41, 5.74) is 1.01. The van der Waals surface area contributed by atoms with Crippen molar-refractivity contribution in [2.24, 2.45) is 11.8 Å². The summed E-state index contributed by atoms with van der Waals surface area (Å²) in [7, 11) is 1.55. The molecule has 1 heterocycles. The first-order valence-corrected chi connectivity index (χ1v) is 9.11. The number of methoxy groups -OCH3 is 1. The van der Waals surface area contributed by atoms with Gasteiger partial charge in [-0.2, -0.15) is 0 Å². The molecule has 1 aromatic rings. The third-order valence-corrected chi connectivity index (χ3v) is 4.31. The molecule has 0 spiro atoms. The molecule has 0 aromatic heterocycles. The van der Waals surface area contributed by atoms with Crippen LogP contribution in [0.2, 0.25) is 0 Å². The van der Waals surface area contributed by atoms with E-state index in [9.17, 15) is 9.59 Å². The van der Waals surface area contributed by atoms with E-state index in [0.29, 0.717) is 35.3 Å². The van der Waals surface area contributed by atoms with Crippen molar-refractivity contribution in [2.45, 2.75) is 33.2 Å². The molecule has 1 aromatic carbocycles. The number of carbonyl (C=O) groups is 2. The van der Waals surface area contributed by atoms with Crippen LogP contribution in [0.5, 0.6) is 11.5 Å². The van der Waals surface area contributed by atoms with Gasteiger partial charge in [-0.05, 0) is 37.0 Å². The minimum absolute atomic E-state index is 0.245. The number of urea groups is 1. The van der Waals surface area contributed by atoms with Gasteiger partial charge < -0.3 is 24.8 Å². The van der Waals surface area contributed by atoms with Gasteiger partial charge in [0.05, 0.1) is 26.4 Å². The number of hydrogen-bond acceptors (Lipinski definition) is 5. The Kier molecular flexibility index (Phi) is 7.10. The first-order valence-electron chi connectivity index (χ1n) is 9.11. The molecule has 2 unspecified atom stereocenters. The lowest BCUT2D eigenvalue weighted by molar-refractivity contribution is -0.147. The van der Waals surface area contributed by atoms with E-state index < -0.39 is 24.0 Å². The maximum Gasteiger partial charge on any atom is 0.319 e. The molecule has 0 bridgehead atoms. The number of rotatable bonds is 8. The van der Waals surface area contributed by atoms with Crippen LogP contribution in [0.3, 0.4) is 0 Å². The Labute approximate surface area is 160 Å². The summed E-state index contributed by atoms with van der Waals surface area (Å²) < 4.78 is 16.4. The summed E-state index contributed by atoms with van der Waals surface area (Å²) in [6.07, 6.45) is 0.931. The van der Waals surface area contributed by atoms with E-state index >= 15 is 0 Å². The largest absolute Gasteiger partial charge is 0.493 e. The highest BCUT2D eigenvalue weighted by molar-refractivity contribution is 5.85. The van der Waals surface area contributed by atoms with Gasteiger partial charge >= 0.3 is 12.0 Å². The zero-order valence-electron chi connectivity index (χ0n) is 16.3. The fourth-order valence-electron chi connectivity index (χ4n) is 2.87. The van der Waals surface area contributed by atoms with Crippen LogP contribution in [0.4, 0.5) is 4.79 Å². The van der Waals surface area contributed by atoms with Crippen molar-refractivity contribution in [3.05, 3.63) is 36.0 Å². The van der Waals surface area contributed by atoms with Gasteiger partial charge in [-0.1, -0.05) is 26.5 Å². The van der Waals surface area contributed by atoms with Gasteiger partial charge in [-0.3, -0.25) is 4.79 Å². The molecule has 7 heteroatoms. The van der Waals surface area contributed by atoms with Gasteiger partial charge in [-0.25, -0.2) is 4.79 Å². The molecule has 1 aliphatic heterocycles. The molecular formula is C20H28N2O5. The van der Waals surface area contributed by atoms with E-state index in [4.69, 9.17) is 14.2 Å². The molecule has 0 saturated carbocycles. The smallest absolute Gasteiger partial charge is 0.319 e. The molecule has 1 fully saturated rings. The average molecular weight is 376 g/mol. The van der Waals surface area contributed by atoms with Gasteiger partial charge in [-0.15, -0.1) is 0 Å². The normalized spacial score (nSPS) is 19.3. The average Bonchev–Trinajstić information content (AvgIpc) is 2.61. The molecule has 27 heavy (non-hydrogen) atoms. The Bertz CT molecular complexity index is 702. The van der Waals surface area contributed by atoms with Crippen LogP contribution < -0.4 is 20.1 Å². The second-order valence-electron chi connectivity index (χ2n) is 6.77. The third kappa shape index (κ3) is 5.15. The van der Waals surface area contributed by atoms with E-state index in [1.165, 1.54) is 0 Å². The third-order valence-electron chi connectivity index (χ3n) is 4.31. The summed E-state index contributed by atoms with van der Waals surface area (Å²) in [5.74, 6) is 0.513. The molecule has 148 valence electrons. The molecule has 2 rings (SSSR count). The maximum atomic E-state index is 12.4. The molecule has 0 aliphatic carbocycles. The highest BCUT2D eigenvalue weighted by Gasteiger charge is 2.39. The molecular weight excluding hydrogens is 348 g/mol. The Morgan fingerprint density at radius 2 is 2.04 bits per heavy atom. The van der Waals surface area contributed by atoms with Crippen molar-refractivity contribution in [3.63, 3.8) is 0 Å². The summed E-state index contributed by atoms with van der Waals surface area (Å²) in [4.78, 5) is 24.3. The molecule has 2 N–H and O–H groups in total. The van der Waals surface area contributed by atoms with Crippen molar-refractivity contribution in [1.29, 1.82) is 0 Å². The van der Waals surface area contributed by atoms with Crippen molar-refractivity contribution >= 4 is 12.0 Å². The Morgan fingerprint density at radius 1 is 1.30 bits per heavy atom. The molecule has 1 aliphatic rings.